The number of Topliss-reactive ketones (excluding diaryl/α,β-unsaturated/α-hetero) is 1. The Morgan fingerprint density at radius 2 is 1.42 bits per heavy atom. The zero-order chi connectivity index (χ0) is 16.6. The van der Waals surface area contributed by atoms with Gasteiger partial charge in [-0.2, -0.15) is 0 Å². The molecule has 0 bridgehead atoms. The quantitative estimate of drug-likeness (QED) is 0.568. The molecule has 0 N–H and O–H groups in total. The van der Waals surface area contributed by atoms with Crippen LogP contribution in [0.4, 0.5) is 0 Å². The van der Waals surface area contributed by atoms with Gasteiger partial charge in [-0.3, -0.25) is 4.79 Å². The third-order valence-corrected chi connectivity index (χ3v) is 3.88. The lowest BCUT2D eigenvalue weighted by Crippen LogP contribution is -2.01. The Morgan fingerprint density at radius 1 is 0.750 bits per heavy atom. The predicted molar refractivity (Wildman–Crippen MR) is 96.3 cm³/mol. The Labute approximate surface area is 142 Å². The average Bonchev–Trinajstić information content (AvgIpc) is 2.66. The molecule has 120 valence electrons. The molecule has 0 saturated carbocycles. The number of aryl methyl sites for hydroxylation is 1. The van der Waals surface area contributed by atoms with Crippen molar-refractivity contribution in [1.82, 2.24) is 0 Å². The summed E-state index contributed by atoms with van der Waals surface area (Å²) in [5, 5.41) is 0. The lowest BCUT2D eigenvalue weighted by molar-refractivity contribution is 0.0983. The van der Waals surface area contributed by atoms with Gasteiger partial charge in [0.2, 0.25) is 0 Å². The first kappa shape index (κ1) is 16.0. The molecule has 0 spiro atoms. The fraction of sp³-hybridized carbons (Fsp3) is 0.136. The molecule has 0 amide bonds. The second-order valence-corrected chi connectivity index (χ2v) is 5.71. The minimum absolute atomic E-state index is 0.172. The van der Waals surface area contributed by atoms with Gasteiger partial charge in [-0.25, -0.2) is 0 Å². The summed E-state index contributed by atoms with van der Waals surface area (Å²) in [6.07, 6.45) is 1.22. The third kappa shape index (κ3) is 4.56. The van der Waals surface area contributed by atoms with Crippen LogP contribution in [0.3, 0.4) is 0 Å². The van der Waals surface area contributed by atoms with Crippen molar-refractivity contribution in [2.75, 3.05) is 0 Å². The smallest absolute Gasteiger partial charge is 0.163 e. The first-order valence-electron chi connectivity index (χ1n) is 8.15. The van der Waals surface area contributed by atoms with Crippen molar-refractivity contribution in [3.63, 3.8) is 0 Å². The molecule has 0 saturated heterocycles. The molecule has 0 heterocycles. The molecule has 2 nitrogen and oxygen atoms in total. The van der Waals surface area contributed by atoms with Gasteiger partial charge < -0.3 is 4.74 Å². The van der Waals surface area contributed by atoms with Gasteiger partial charge in [0, 0.05) is 12.0 Å². The highest BCUT2D eigenvalue weighted by atomic mass is 16.5. The van der Waals surface area contributed by atoms with E-state index in [9.17, 15) is 4.79 Å². The molecule has 0 unspecified atom stereocenters. The molecule has 0 aliphatic carbocycles. The highest BCUT2D eigenvalue weighted by Crippen LogP contribution is 2.17. The van der Waals surface area contributed by atoms with E-state index in [0.29, 0.717) is 13.0 Å². The van der Waals surface area contributed by atoms with E-state index < -0.39 is 0 Å². The summed E-state index contributed by atoms with van der Waals surface area (Å²) in [6.45, 7) is 0.549. The molecule has 3 aromatic rings. The van der Waals surface area contributed by atoms with Gasteiger partial charge in [-0.15, -0.1) is 0 Å². The molecule has 0 aromatic heterocycles. The van der Waals surface area contributed by atoms with Crippen molar-refractivity contribution in [2.45, 2.75) is 19.4 Å². The van der Waals surface area contributed by atoms with E-state index in [4.69, 9.17) is 4.74 Å². The molecular formula is C22H20O2. The van der Waals surface area contributed by atoms with E-state index in [0.717, 1.165) is 28.9 Å². The van der Waals surface area contributed by atoms with Crippen LogP contribution in [0.1, 0.15) is 27.9 Å². The maximum absolute atomic E-state index is 12.2. The highest BCUT2D eigenvalue weighted by Gasteiger charge is 2.06. The van der Waals surface area contributed by atoms with E-state index in [-0.39, 0.29) is 5.78 Å². The number of rotatable bonds is 7. The van der Waals surface area contributed by atoms with Gasteiger partial charge in [0.1, 0.15) is 12.4 Å². The molecule has 24 heavy (non-hydrogen) atoms. The Hall–Kier alpha value is -2.87. The molecule has 0 aliphatic heterocycles. The molecular weight excluding hydrogens is 296 g/mol. The molecule has 0 fully saturated rings. The second kappa shape index (κ2) is 8.11. The van der Waals surface area contributed by atoms with Crippen LogP contribution in [0.15, 0.2) is 84.9 Å². The van der Waals surface area contributed by atoms with Gasteiger partial charge in [0.05, 0.1) is 0 Å². The Morgan fingerprint density at radius 3 is 2.17 bits per heavy atom. The van der Waals surface area contributed by atoms with Crippen molar-refractivity contribution >= 4 is 5.78 Å². The Balaban J connectivity index is 1.56. The number of benzene rings is 3. The van der Waals surface area contributed by atoms with Crippen molar-refractivity contribution in [1.29, 1.82) is 0 Å². The van der Waals surface area contributed by atoms with E-state index in [1.54, 1.807) is 0 Å². The van der Waals surface area contributed by atoms with Crippen molar-refractivity contribution in [3.8, 4) is 5.75 Å². The van der Waals surface area contributed by atoms with Crippen molar-refractivity contribution in [3.05, 3.63) is 102 Å². The highest BCUT2D eigenvalue weighted by molar-refractivity contribution is 5.96. The minimum Gasteiger partial charge on any atom is -0.489 e. The van der Waals surface area contributed by atoms with Crippen molar-refractivity contribution in [2.24, 2.45) is 0 Å². The van der Waals surface area contributed by atoms with Gasteiger partial charge in [0.25, 0.3) is 0 Å². The largest absolute Gasteiger partial charge is 0.489 e. The number of carbonyl (C=O) groups excluding carboxylic acids is 1. The average molecular weight is 316 g/mol. The molecule has 3 aromatic carbocycles. The van der Waals surface area contributed by atoms with E-state index in [1.165, 1.54) is 0 Å². The molecule has 0 radical (unpaired) electrons. The Kier molecular flexibility index (Phi) is 5.41. The van der Waals surface area contributed by atoms with E-state index in [1.807, 2.05) is 84.9 Å². The van der Waals surface area contributed by atoms with Crippen molar-refractivity contribution < 1.29 is 9.53 Å². The van der Waals surface area contributed by atoms with E-state index in [2.05, 4.69) is 0 Å². The predicted octanol–water partition coefficient (Wildman–Crippen LogP) is 5.08. The number of ketones is 1. The van der Waals surface area contributed by atoms with Crippen LogP contribution in [0, 0.1) is 0 Å². The van der Waals surface area contributed by atoms with Crippen LogP contribution < -0.4 is 4.74 Å². The summed E-state index contributed by atoms with van der Waals surface area (Å²) in [4.78, 5) is 12.2. The number of hydrogen-bond acceptors (Lipinski definition) is 2. The van der Waals surface area contributed by atoms with Crippen LogP contribution >= 0.6 is 0 Å². The zero-order valence-corrected chi connectivity index (χ0v) is 13.5. The first-order valence-corrected chi connectivity index (χ1v) is 8.15. The molecule has 2 heteroatoms. The zero-order valence-electron chi connectivity index (χ0n) is 13.5. The van der Waals surface area contributed by atoms with Gasteiger partial charge in [-0.1, -0.05) is 72.8 Å². The lowest BCUT2D eigenvalue weighted by atomic mass is 10.0. The van der Waals surface area contributed by atoms with E-state index >= 15 is 0 Å². The summed E-state index contributed by atoms with van der Waals surface area (Å²) in [6, 6.07) is 27.5. The molecule has 0 atom stereocenters. The summed E-state index contributed by atoms with van der Waals surface area (Å²) < 4.78 is 5.84. The number of hydrogen-bond donors (Lipinski definition) is 0. The van der Waals surface area contributed by atoms with Crippen LogP contribution in [0.25, 0.3) is 0 Å². The lowest BCUT2D eigenvalue weighted by Gasteiger charge is -2.08. The minimum atomic E-state index is 0.172. The van der Waals surface area contributed by atoms with Crippen LogP contribution in [-0.2, 0) is 13.0 Å². The fourth-order valence-corrected chi connectivity index (χ4v) is 2.56. The van der Waals surface area contributed by atoms with Crippen LogP contribution in [-0.4, -0.2) is 5.78 Å². The molecule has 0 aliphatic rings. The Bertz CT molecular complexity index is 779. The van der Waals surface area contributed by atoms with Gasteiger partial charge >= 0.3 is 0 Å². The first-order chi connectivity index (χ1) is 11.8. The SMILES string of the molecule is O=C(CCc1cccc(OCc2ccccc2)c1)c1ccccc1. The number of ether oxygens (including phenoxy) is 1. The topological polar surface area (TPSA) is 26.3 Å². The standard InChI is InChI=1S/C22H20O2/c23-22(20-11-5-2-6-12-20)15-14-18-10-7-13-21(16-18)24-17-19-8-3-1-4-9-19/h1-13,16H,14-15,17H2. The third-order valence-electron chi connectivity index (χ3n) is 3.88. The fourth-order valence-electron chi connectivity index (χ4n) is 2.56. The van der Waals surface area contributed by atoms with Gasteiger partial charge in [0.15, 0.2) is 5.78 Å². The maximum atomic E-state index is 12.2. The molecule has 3 rings (SSSR count). The second-order valence-electron chi connectivity index (χ2n) is 5.71. The van der Waals surface area contributed by atoms with Crippen LogP contribution in [0.5, 0.6) is 5.75 Å². The number of carbonyl (C=O) groups is 1. The van der Waals surface area contributed by atoms with Gasteiger partial charge in [-0.05, 0) is 29.7 Å². The monoisotopic (exact) mass is 316 g/mol. The van der Waals surface area contributed by atoms with Crippen LogP contribution in [0.2, 0.25) is 0 Å². The normalized spacial score (nSPS) is 10.3. The summed E-state index contributed by atoms with van der Waals surface area (Å²) in [5.41, 5.74) is 3.03. The summed E-state index contributed by atoms with van der Waals surface area (Å²) >= 11 is 0. The maximum Gasteiger partial charge on any atom is 0.163 e. The summed E-state index contributed by atoms with van der Waals surface area (Å²) in [7, 11) is 0. The summed E-state index contributed by atoms with van der Waals surface area (Å²) in [5.74, 6) is 1.01.